The average molecular weight is 300 g/mol. The van der Waals surface area contributed by atoms with E-state index >= 15 is 0 Å². The molecule has 3 nitrogen and oxygen atoms in total. The number of allylic oxidation sites excluding steroid dienone is 2. The van der Waals surface area contributed by atoms with Gasteiger partial charge in [-0.05, 0) is 48.5 Å². The van der Waals surface area contributed by atoms with Gasteiger partial charge in [0.2, 0.25) is 0 Å². The summed E-state index contributed by atoms with van der Waals surface area (Å²) in [5.74, 6) is 1.76. The fourth-order valence-electron chi connectivity index (χ4n) is 6.21. The molecule has 0 aromatic heterocycles. The second-order valence-electron chi connectivity index (χ2n) is 8.39. The first kappa shape index (κ1) is 14.3. The van der Waals surface area contributed by atoms with E-state index in [1.807, 2.05) is 6.08 Å². The Labute approximate surface area is 131 Å². The second kappa shape index (κ2) is 4.39. The normalized spacial score (nSPS) is 50.5. The van der Waals surface area contributed by atoms with Gasteiger partial charge >= 0.3 is 0 Å². The van der Waals surface area contributed by atoms with Crippen molar-refractivity contribution in [3.63, 3.8) is 0 Å². The largest absolute Gasteiger partial charge is 0.299 e. The maximum atomic E-state index is 12.7. The molecule has 0 aromatic rings. The minimum Gasteiger partial charge on any atom is -0.299 e. The first-order chi connectivity index (χ1) is 10.4. The van der Waals surface area contributed by atoms with Crippen LogP contribution in [0.2, 0.25) is 0 Å². The predicted octanol–water partition coefficient (Wildman–Crippen LogP) is 3.12. The molecule has 4 aliphatic carbocycles. The summed E-state index contributed by atoms with van der Waals surface area (Å²) >= 11 is 0. The molecule has 0 radical (unpaired) electrons. The summed E-state index contributed by atoms with van der Waals surface area (Å²) in [7, 11) is 0. The van der Waals surface area contributed by atoms with Crippen LogP contribution in [0.5, 0.6) is 0 Å². The van der Waals surface area contributed by atoms with Crippen LogP contribution >= 0.6 is 0 Å². The summed E-state index contributed by atoms with van der Waals surface area (Å²) in [6.07, 6.45) is 8.30. The molecule has 0 bridgehead atoms. The molecule has 1 unspecified atom stereocenters. The van der Waals surface area contributed by atoms with Gasteiger partial charge in [-0.1, -0.05) is 19.9 Å². The van der Waals surface area contributed by atoms with Crippen LogP contribution < -0.4 is 0 Å². The fraction of sp³-hybridized carbons (Fsp3) is 0.737. The van der Waals surface area contributed by atoms with Crippen molar-refractivity contribution >= 4 is 17.3 Å². The van der Waals surface area contributed by atoms with Gasteiger partial charge in [0.25, 0.3) is 0 Å². The number of Topliss-reactive ketones (excluding diaryl/α,β-unsaturated/α-hetero) is 2. The maximum absolute atomic E-state index is 12.7. The molecule has 0 N–H and O–H groups in total. The zero-order valence-corrected chi connectivity index (χ0v) is 13.4. The number of hydrogen-bond acceptors (Lipinski definition) is 3. The van der Waals surface area contributed by atoms with Gasteiger partial charge in [-0.3, -0.25) is 14.4 Å². The zero-order chi connectivity index (χ0) is 15.7. The quantitative estimate of drug-likeness (QED) is 0.690. The highest BCUT2D eigenvalue weighted by Gasteiger charge is 2.61. The molecule has 118 valence electrons. The summed E-state index contributed by atoms with van der Waals surface area (Å²) in [6.45, 7) is 4.30. The van der Waals surface area contributed by atoms with Crippen LogP contribution in [0.15, 0.2) is 12.2 Å². The zero-order valence-electron chi connectivity index (χ0n) is 13.4. The lowest BCUT2D eigenvalue weighted by Gasteiger charge is -2.56. The maximum Gasteiger partial charge on any atom is 0.156 e. The van der Waals surface area contributed by atoms with Crippen molar-refractivity contribution in [3.05, 3.63) is 12.2 Å². The molecular formula is C19H24O3. The van der Waals surface area contributed by atoms with Crippen LogP contribution in [0.3, 0.4) is 0 Å². The molecule has 0 heterocycles. The van der Waals surface area contributed by atoms with E-state index in [0.717, 1.165) is 19.3 Å². The van der Waals surface area contributed by atoms with Crippen LogP contribution in [0.25, 0.3) is 0 Å². The summed E-state index contributed by atoms with van der Waals surface area (Å²) in [4.78, 5) is 36.8. The fourth-order valence-corrected chi connectivity index (χ4v) is 6.21. The SMILES string of the molecule is C[C@]12C=CC(=O)CC1C(=O)C[C@@H]1[C@H]2CC[C@]2(C)C(=O)CC[C@@H]12. The predicted molar refractivity (Wildman–Crippen MR) is 82.0 cm³/mol. The van der Waals surface area contributed by atoms with E-state index in [-0.39, 0.29) is 28.3 Å². The molecule has 0 amide bonds. The monoisotopic (exact) mass is 300 g/mol. The van der Waals surface area contributed by atoms with Crippen molar-refractivity contribution in [1.29, 1.82) is 0 Å². The number of hydrogen-bond donors (Lipinski definition) is 0. The van der Waals surface area contributed by atoms with E-state index in [1.165, 1.54) is 0 Å². The molecular weight excluding hydrogens is 276 g/mol. The standard InChI is InChI=1S/C19H24O3/c1-18-7-5-11(20)9-15(18)16(21)10-12-13-3-4-17(22)19(13,2)8-6-14(12)18/h5,7,12-15H,3-4,6,8-10H2,1-2H3/t12-,13-,14+,15?,18+,19-/m0/s1. The Hall–Kier alpha value is -1.25. The van der Waals surface area contributed by atoms with Crippen LogP contribution in [0, 0.1) is 34.5 Å². The van der Waals surface area contributed by atoms with Gasteiger partial charge in [-0.25, -0.2) is 0 Å². The summed E-state index contributed by atoms with van der Waals surface area (Å²) in [5.41, 5.74) is -0.375. The van der Waals surface area contributed by atoms with Gasteiger partial charge in [-0.2, -0.15) is 0 Å². The minimum atomic E-state index is -0.196. The molecule has 3 saturated carbocycles. The smallest absolute Gasteiger partial charge is 0.156 e. The lowest BCUT2D eigenvalue weighted by Crippen LogP contribution is -2.55. The Bertz CT molecular complexity index is 604. The van der Waals surface area contributed by atoms with E-state index in [0.29, 0.717) is 42.8 Å². The van der Waals surface area contributed by atoms with Crippen LogP contribution in [0.1, 0.15) is 52.4 Å². The Kier molecular flexibility index (Phi) is 2.87. The molecule has 0 aromatic carbocycles. The number of rotatable bonds is 0. The van der Waals surface area contributed by atoms with Crippen LogP contribution in [0.4, 0.5) is 0 Å². The van der Waals surface area contributed by atoms with Crippen LogP contribution in [-0.4, -0.2) is 17.3 Å². The van der Waals surface area contributed by atoms with E-state index in [2.05, 4.69) is 13.8 Å². The highest BCUT2D eigenvalue weighted by molar-refractivity contribution is 5.97. The average Bonchev–Trinajstić information content (AvgIpc) is 2.77. The molecule has 0 aliphatic heterocycles. The number of fused-ring (bicyclic) bond motifs is 5. The van der Waals surface area contributed by atoms with Gasteiger partial charge in [0, 0.05) is 30.6 Å². The van der Waals surface area contributed by atoms with Gasteiger partial charge < -0.3 is 0 Å². The molecule has 3 heteroatoms. The highest BCUT2D eigenvalue weighted by Crippen LogP contribution is 2.63. The topological polar surface area (TPSA) is 51.2 Å². The van der Waals surface area contributed by atoms with Gasteiger partial charge in [0.05, 0.1) is 0 Å². The van der Waals surface area contributed by atoms with E-state index in [1.54, 1.807) is 6.08 Å². The first-order valence-corrected chi connectivity index (χ1v) is 8.64. The molecule has 0 saturated heterocycles. The van der Waals surface area contributed by atoms with Gasteiger partial charge in [0.15, 0.2) is 5.78 Å². The summed E-state index contributed by atoms with van der Waals surface area (Å²) < 4.78 is 0. The third-order valence-corrected chi connectivity index (χ3v) is 7.56. The van der Waals surface area contributed by atoms with Crippen LogP contribution in [-0.2, 0) is 14.4 Å². The Morgan fingerprint density at radius 1 is 1.05 bits per heavy atom. The second-order valence-corrected chi connectivity index (χ2v) is 8.39. The Balaban J connectivity index is 1.75. The van der Waals surface area contributed by atoms with Crippen molar-refractivity contribution in [3.8, 4) is 0 Å². The van der Waals surface area contributed by atoms with E-state index in [4.69, 9.17) is 0 Å². The summed E-state index contributed by atoms with van der Waals surface area (Å²) in [5, 5.41) is 0. The number of carbonyl (C=O) groups excluding carboxylic acids is 3. The highest BCUT2D eigenvalue weighted by atomic mass is 16.1. The van der Waals surface area contributed by atoms with Crippen molar-refractivity contribution in [2.24, 2.45) is 34.5 Å². The molecule has 22 heavy (non-hydrogen) atoms. The third kappa shape index (κ3) is 1.65. The Morgan fingerprint density at radius 3 is 2.59 bits per heavy atom. The lowest BCUT2D eigenvalue weighted by atomic mass is 9.46. The minimum absolute atomic E-state index is 0.0889. The van der Waals surface area contributed by atoms with E-state index < -0.39 is 0 Å². The van der Waals surface area contributed by atoms with E-state index in [9.17, 15) is 14.4 Å². The van der Waals surface area contributed by atoms with Crippen molar-refractivity contribution in [1.82, 2.24) is 0 Å². The Morgan fingerprint density at radius 2 is 1.82 bits per heavy atom. The lowest BCUT2D eigenvalue weighted by molar-refractivity contribution is -0.149. The molecule has 4 rings (SSSR count). The van der Waals surface area contributed by atoms with Crippen molar-refractivity contribution in [2.75, 3.05) is 0 Å². The molecule has 6 atom stereocenters. The summed E-state index contributed by atoms with van der Waals surface area (Å²) in [6, 6.07) is 0. The number of ketones is 3. The third-order valence-electron chi connectivity index (χ3n) is 7.56. The number of carbonyl (C=O) groups is 3. The van der Waals surface area contributed by atoms with Crippen molar-refractivity contribution < 1.29 is 14.4 Å². The van der Waals surface area contributed by atoms with Gasteiger partial charge in [-0.15, -0.1) is 0 Å². The molecule has 0 spiro atoms. The van der Waals surface area contributed by atoms with Gasteiger partial charge in [0.1, 0.15) is 11.6 Å². The molecule has 4 aliphatic rings. The van der Waals surface area contributed by atoms with Crippen molar-refractivity contribution in [2.45, 2.75) is 52.4 Å². The molecule has 3 fully saturated rings. The first-order valence-electron chi connectivity index (χ1n) is 8.64.